The molecular weight excluding hydrogens is 280 g/mol. The van der Waals surface area contributed by atoms with Crippen LogP contribution >= 0.6 is 31.9 Å². The largest absolute Gasteiger partial charge is 0.0651 e. The maximum Gasteiger partial charge on any atom is 0.0564 e. The molecule has 0 amide bonds. The molecule has 2 heteroatoms. The molecule has 0 saturated carbocycles. The van der Waals surface area contributed by atoms with Gasteiger partial charge in [0.25, 0.3) is 0 Å². The van der Waals surface area contributed by atoms with Gasteiger partial charge in [-0.3, -0.25) is 0 Å². The fourth-order valence-electron chi connectivity index (χ4n) is 1.05. The predicted molar refractivity (Wildman–Crippen MR) is 63.9 cm³/mol. The lowest BCUT2D eigenvalue weighted by molar-refractivity contribution is 0.486. The van der Waals surface area contributed by atoms with E-state index in [1.54, 1.807) is 0 Å². The minimum Gasteiger partial charge on any atom is -0.0651 e. The zero-order valence-electron chi connectivity index (χ0n) is 7.95. The molecule has 0 aliphatic carbocycles. The first-order valence-corrected chi connectivity index (χ1v) is 6.26. The van der Waals surface area contributed by atoms with Gasteiger partial charge in [0.15, 0.2) is 0 Å². The van der Waals surface area contributed by atoms with E-state index >= 15 is 0 Å². The Morgan fingerprint density at radius 3 is 2.50 bits per heavy atom. The maximum atomic E-state index is 3.35. The van der Waals surface area contributed by atoms with Gasteiger partial charge in [-0.1, -0.05) is 39.2 Å². The highest BCUT2D eigenvalue weighted by Gasteiger charge is 1.96. The summed E-state index contributed by atoms with van der Waals surface area (Å²) in [6.07, 6.45) is 8.73. The van der Waals surface area contributed by atoms with Crippen LogP contribution in [0.2, 0.25) is 0 Å². The first-order valence-electron chi connectivity index (χ1n) is 4.68. The Kier molecular flexibility index (Phi) is 8.79. The van der Waals surface area contributed by atoms with Crippen LogP contribution in [-0.4, -0.2) is 0 Å². The van der Waals surface area contributed by atoms with Gasteiger partial charge in [0.1, 0.15) is 0 Å². The van der Waals surface area contributed by atoms with Gasteiger partial charge in [-0.2, -0.15) is 0 Å². The van der Waals surface area contributed by atoms with Gasteiger partial charge in [-0.05, 0) is 50.6 Å². The third-order valence-electron chi connectivity index (χ3n) is 2.15. The summed E-state index contributed by atoms with van der Waals surface area (Å²) in [4.78, 5) is 0. The van der Waals surface area contributed by atoms with Gasteiger partial charge in [0.05, 0.1) is 3.39 Å². The molecule has 0 aliphatic heterocycles. The molecule has 0 aromatic carbocycles. The van der Waals surface area contributed by atoms with Crippen molar-refractivity contribution >= 4 is 31.9 Å². The van der Waals surface area contributed by atoms with Crippen molar-refractivity contribution in [2.75, 3.05) is 0 Å². The van der Waals surface area contributed by atoms with Crippen LogP contribution in [0.4, 0.5) is 0 Å². The molecular formula is C10H18Br2. The standard InChI is InChI=1S/C10H18Br2/c1-3-9(2)7-5-4-6-8-10(11)12/h8-9H,3-7H2,1-2H3/t9-/m1/s1. The van der Waals surface area contributed by atoms with E-state index in [4.69, 9.17) is 0 Å². The van der Waals surface area contributed by atoms with Crippen molar-refractivity contribution < 1.29 is 0 Å². The van der Waals surface area contributed by atoms with Gasteiger partial charge in [0, 0.05) is 0 Å². The molecule has 0 unspecified atom stereocenters. The topological polar surface area (TPSA) is 0 Å². The van der Waals surface area contributed by atoms with Crippen LogP contribution < -0.4 is 0 Å². The van der Waals surface area contributed by atoms with E-state index < -0.39 is 0 Å². The van der Waals surface area contributed by atoms with Crippen molar-refractivity contribution in [1.29, 1.82) is 0 Å². The third-order valence-corrected chi connectivity index (χ3v) is 2.79. The Labute approximate surface area is 93.1 Å². The molecule has 0 fully saturated rings. The van der Waals surface area contributed by atoms with Gasteiger partial charge in [-0.25, -0.2) is 0 Å². The van der Waals surface area contributed by atoms with Crippen LogP contribution in [0.15, 0.2) is 9.47 Å². The number of rotatable bonds is 6. The molecule has 0 nitrogen and oxygen atoms in total. The highest BCUT2D eigenvalue weighted by Crippen LogP contribution is 2.16. The predicted octanol–water partition coefficient (Wildman–Crippen LogP) is 5.22. The summed E-state index contributed by atoms with van der Waals surface area (Å²) in [5.74, 6) is 0.904. The Balaban J connectivity index is 3.16. The van der Waals surface area contributed by atoms with Crippen LogP contribution in [0, 0.1) is 5.92 Å². The second-order valence-corrected chi connectivity index (χ2v) is 6.06. The van der Waals surface area contributed by atoms with Gasteiger partial charge < -0.3 is 0 Å². The smallest absolute Gasteiger partial charge is 0.0564 e. The lowest BCUT2D eigenvalue weighted by Gasteiger charge is -2.05. The van der Waals surface area contributed by atoms with Crippen molar-refractivity contribution in [2.24, 2.45) is 5.92 Å². The quantitative estimate of drug-likeness (QED) is 0.589. The molecule has 1 atom stereocenters. The fraction of sp³-hybridized carbons (Fsp3) is 0.800. The molecule has 0 N–H and O–H groups in total. The molecule has 0 aromatic rings. The molecule has 12 heavy (non-hydrogen) atoms. The zero-order valence-corrected chi connectivity index (χ0v) is 11.1. The average molecular weight is 298 g/mol. The minimum atomic E-state index is 0.904. The molecule has 0 radical (unpaired) electrons. The SMILES string of the molecule is CC[C@@H](C)CCCCC=C(Br)Br. The highest BCUT2D eigenvalue weighted by molar-refractivity contribution is 9.28. The third kappa shape index (κ3) is 8.79. The minimum absolute atomic E-state index is 0.904. The van der Waals surface area contributed by atoms with E-state index in [-0.39, 0.29) is 0 Å². The number of hydrogen-bond donors (Lipinski definition) is 0. The molecule has 0 aromatic heterocycles. The normalized spacial score (nSPS) is 12.7. The van der Waals surface area contributed by atoms with E-state index in [2.05, 4.69) is 51.8 Å². The highest BCUT2D eigenvalue weighted by atomic mass is 79.9. The van der Waals surface area contributed by atoms with E-state index in [1.807, 2.05) is 0 Å². The van der Waals surface area contributed by atoms with Gasteiger partial charge in [0.2, 0.25) is 0 Å². The van der Waals surface area contributed by atoms with E-state index in [1.165, 1.54) is 32.1 Å². The van der Waals surface area contributed by atoms with Crippen molar-refractivity contribution in [3.05, 3.63) is 9.47 Å². The number of halogens is 2. The van der Waals surface area contributed by atoms with Crippen LogP contribution in [0.1, 0.15) is 46.0 Å². The summed E-state index contributed by atoms with van der Waals surface area (Å²) in [6.45, 7) is 4.59. The Bertz CT molecular complexity index is 126. The maximum absolute atomic E-state index is 3.35. The number of hydrogen-bond acceptors (Lipinski definition) is 0. The lowest BCUT2D eigenvalue weighted by Crippen LogP contribution is -1.90. The van der Waals surface area contributed by atoms with Gasteiger partial charge in [-0.15, -0.1) is 0 Å². The van der Waals surface area contributed by atoms with Crippen LogP contribution in [0.5, 0.6) is 0 Å². The Hall–Kier alpha value is 0.700. The first-order chi connectivity index (χ1) is 5.66. The van der Waals surface area contributed by atoms with Crippen LogP contribution in [0.25, 0.3) is 0 Å². The van der Waals surface area contributed by atoms with E-state index in [9.17, 15) is 0 Å². The average Bonchev–Trinajstić information content (AvgIpc) is 2.03. The Morgan fingerprint density at radius 2 is 2.00 bits per heavy atom. The molecule has 0 heterocycles. The monoisotopic (exact) mass is 296 g/mol. The Morgan fingerprint density at radius 1 is 1.33 bits per heavy atom. The lowest BCUT2D eigenvalue weighted by atomic mass is 10.0. The molecule has 0 spiro atoms. The van der Waals surface area contributed by atoms with Crippen molar-refractivity contribution in [2.45, 2.75) is 46.0 Å². The summed E-state index contributed by atoms with van der Waals surface area (Å²) >= 11 is 6.69. The fourth-order valence-corrected chi connectivity index (χ4v) is 1.51. The number of allylic oxidation sites excluding steroid dienone is 1. The van der Waals surface area contributed by atoms with Crippen molar-refractivity contribution in [3.63, 3.8) is 0 Å². The number of unbranched alkanes of at least 4 members (excludes halogenated alkanes) is 2. The molecule has 72 valence electrons. The zero-order chi connectivity index (χ0) is 9.40. The van der Waals surface area contributed by atoms with Gasteiger partial charge >= 0.3 is 0 Å². The summed E-state index contributed by atoms with van der Waals surface area (Å²) in [5.41, 5.74) is 0. The second kappa shape index (κ2) is 8.31. The first kappa shape index (κ1) is 12.7. The molecule has 0 rings (SSSR count). The molecule has 0 aliphatic rings. The summed E-state index contributed by atoms with van der Waals surface area (Å²) in [5, 5.41) is 0. The van der Waals surface area contributed by atoms with Crippen molar-refractivity contribution in [3.8, 4) is 0 Å². The molecule has 0 saturated heterocycles. The summed E-state index contributed by atoms with van der Waals surface area (Å²) < 4.78 is 1.08. The summed E-state index contributed by atoms with van der Waals surface area (Å²) in [6, 6.07) is 0. The van der Waals surface area contributed by atoms with E-state index in [0.29, 0.717) is 0 Å². The van der Waals surface area contributed by atoms with E-state index in [0.717, 1.165) is 9.31 Å². The molecule has 0 bridgehead atoms. The second-order valence-electron chi connectivity index (χ2n) is 3.29. The summed E-state index contributed by atoms with van der Waals surface area (Å²) in [7, 11) is 0. The van der Waals surface area contributed by atoms with Crippen LogP contribution in [0.3, 0.4) is 0 Å². The van der Waals surface area contributed by atoms with Crippen LogP contribution in [-0.2, 0) is 0 Å². The van der Waals surface area contributed by atoms with Crippen molar-refractivity contribution in [1.82, 2.24) is 0 Å².